The molecule has 0 spiro atoms. The van der Waals surface area contributed by atoms with Crippen molar-refractivity contribution in [2.45, 2.75) is 19.3 Å². The maximum Gasteiger partial charge on any atom is 0.138 e. The third kappa shape index (κ3) is 5.91. The number of rotatable bonds is 6. The van der Waals surface area contributed by atoms with Crippen molar-refractivity contribution in [1.29, 1.82) is 0 Å². The Hall–Kier alpha value is -9.18. The summed E-state index contributed by atoms with van der Waals surface area (Å²) in [6, 6.07) is 89.1. The second-order valence-electron chi connectivity index (χ2n) is 20.0. The average molecular weight is 919 g/mol. The molecule has 72 heavy (non-hydrogen) atoms. The molecule has 15 rings (SSSR count). The molecule has 3 heteroatoms. The summed E-state index contributed by atoms with van der Waals surface area (Å²) in [5, 5.41) is 12.2. The molecule has 2 heterocycles. The van der Waals surface area contributed by atoms with Gasteiger partial charge in [-0.1, -0.05) is 184 Å². The second kappa shape index (κ2) is 15.4. The van der Waals surface area contributed by atoms with Gasteiger partial charge in [-0.3, -0.25) is 0 Å². The van der Waals surface area contributed by atoms with Gasteiger partial charge in [-0.2, -0.15) is 0 Å². The Balaban J connectivity index is 0.936. The van der Waals surface area contributed by atoms with Gasteiger partial charge in [-0.15, -0.1) is 0 Å². The van der Waals surface area contributed by atoms with Crippen LogP contribution in [0.25, 0.3) is 115 Å². The van der Waals surface area contributed by atoms with Crippen LogP contribution in [0.3, 0.4) is 0 Å². The van der Waals surface area contributed by atoms with E-state index in [1.165, 1.54) is 82.0 Å². The molecule has 0 radical (unpaired) electrons. The first-order valence-electron chi connectivity index (χ1n) is 25.0. The summed E-state index contributed by atoms with van der Waals surface area (Å²) in [7, 11) is 0. The van der Waals surface area contributed by atoms with Crippen molar-refractivity contribution < 1.29 is 4.42 Å². The minimum atomic E-state index is -0.135. The van der Waals surface area contributed by atoms with Gasteiger partial charge in [0.15, 0.2) is 0 Å². The lowest BCUT2D eigenvalue weighted by atomic mass is 9.82. The Bertz CT molecular complexity index is 4480. The van der Waals surface area contributed by atoms with E-state index in [2.05, 4.69) is 266 Å². The van der Waals surface area contributed by atoms with Crippen LogP contribution in [0.1, 0.15) is 25.0 Å². The smallest absolute Gasteiger partial charge is 0.138 e. The molecule has 1 aliphatic rings. The summed E-state index contributed by atoms with van der Waals surface area (Å²) >= 11 is 0. The zero-order valence-corrected chi connectivity index (χ0v) is 39.9. The van der Waals surface area contributed by atoms with Crippen LogP contribution in [-0.4, -0.2) is 4.57 Å². The standard InChI is InChI=1S/C69H46N2O/c1-69(2)60-25-13-10-22-55(60)56-39-37-49(41-61(56)69)70(46-31-28-44(29-32-46)43-16-4-3-5-17-43)47-33-35-48(36-34-47)71-62-26-14-11-23-57(62)67-63(71)42-65-68(58-24-12-15-27-64(58)72-65)66(67)45-30-38-54-52-20-7-6-18-50(52)51-19-8-9-21-53(51)59(54)40-45/h3-42H,1-2H3. The van der Waals surface area contributed by atoms with E-state index in [0.29, 0.717) is 0 Å². The number of para-hydroxylation sites is 2. The second-order valence-corrected chi connectivity index (χ2v) is 20.0. The average Bonchev–Trinajstić information content (AvgIpc) is 4.05. The van der Waals surface area contributed by atoms with Crippen LogP contribution in [0, 0.1) is 0 Å². The fourth-order valence-corrected chi connectivity index (χ4v) is 12.4. The Kier molecular flexibility index (Phi) is 8.71. The summed E-state index contributed by atoms with van der Waals surface area (Å²) in [5.41, 5.74) is 18.3. The summed E-state index contributed by atoms with van der Waals surface area (Å²) < 4.78 is 9.29. The molecule has 338 valence electrons. The quantitative estimate of drug-likeness (QED) is 0.155. The van der Waals surface area contributed by atoms with Gasteiger partial charge in [0.25, 0.3) is 0 Å². The molecule has 0 saturated heterocycles. The van der Waals surface area contributed by atoms with E-state index in [4.69, 9.17) is 4.42 Å². The van der Waals surface area contributed by atoms with Crippen molar-refractivity contribution in [3.8, 4) is 39.1 Å². The lowest BCUT2D eigenvalue weighted by molar-refractivity contribution is 0.660. The molecule has 12 aromatic carbocycles. The van der Waals surface area contributed by atoms with Gasteiger partial charge < -0.3 is 13.9 Å². The summed E-state index contributed by atoms with van der Waals surface area (Å²) in [6.07, 6.45) is 0. The lowest BCUT2D eigenvalue weighted by Gasteiger charge is -2.28. The molecule has 0 saturated carbocycles. The minimum Gasteiger partial charge on any atom is -0.456 e. The van der Waals surface area contributed by atoms with Crippen molar-refractivity contribution in [1.82, 2.24) is 4.57 Å². The topological polar surface area (TPSA) is 21.3 Å². The minimum absolute atomic E-state index is 0.135. The lowest BCUT2D eigenvalue weighted by Crippen LogP contribution is -2.16. The highest BCUT2D eigenvalue weighted by Gasteiger charge is 2.36. The van der Waals surface area contributed by atoms with Crippen LogP contribution in [0.15, 0.2) is 247 Å². The summed E-state index contributed by atoms with van der Waals surface area (Å²) in [5.74, 6) is 0. The molecular formula is C69H46N2O. The molecule has 0 fully saturated rings. The van der Waals surface area contributed by atoms with E-state index in [9.17, 15) is 0 Å². The molecule has 0 unspecified atom stereocenters. The van der Waals surface area contributed by atoms with Crippen molar-refractivity contribution in [2.75, 3.05) is 4.90 Å². The summed E-state index contributed by atoms with van der Waals surface area (Å²) in [4.78, 5) is 2.41. The van der Waals surface area contributed by atoms with E-state index in [1.807, 2.05) is 0 Å². The number of hydrogen-bond donors (Lipinski definition) is 0. The first-order chi connectivity index (χ1) is 35.5. The van der Waals surface area contributed by atoms with Crippen molar-refractivity contribution in [2.24, 2.45) is 0 Å². The molecule has 2 aromatic heterocycles. The third-order valence-corrected chi connectivity index (χ3v) is 15.8. The van der Waals surface area contributed by atoms with Gasteiger partial charge >= 0.3 is 0 Å². The molecule has 3 nitrogen and oxygen atoms in total. The Morgan fingerprint density at radius 2 is 0.889 bits per heavy atom. The highest BCUT2D eigenvalue weighted by atomic mass is 16.3. The van der Waals surface area contributed by atoms with Crippen molar-refractivity contribution in [3.05, 3.63) is 254 Å². The fourth-order valence-electron chi connectivity index (χ4n) is 12.4. The molecule has 0 bridgehead atoms. The SMILES string of the molecule is CC1(C)c2ccccc2-c2ccc(N(c3ccc(-c4ccccc4)cc3)c3ccc(-n4c5ccccc5c5c(-c6ccc7c8ccccc8c8ccccc8c7c6)c6c(cc54)oc4ccccc46)cc3)cc21. The van der Waals surface area contributed by atoms with E-state index >= 15 is 0 Å². The largest absolute Gasteiger partial charge is 0.456 e. The molecule has 0 amide bonds. The number of furan rings is 1. The first kappa shape index (κ1) is 40.7. The van der Waals surface area contributed by atoms with Crippen LogP contribution in [-0.2, 0) is 5.41 Å². The van der Waals surface area contributed by atoms with Crippen LogP contribution in [0.4, 0.5) is 17.1 Å². The summed E-state index contributed by atoms with van der Waals surface area (Å²) in [6.45, 7) is 4.71. The van der Waals surface area contributed by atoms with Gasteiger partial charge in [0.05, 0.1) is 11.0 Å². The van der Waals surface area contributed by atoms with Gasteiger partial charge in [-0.25, -0.2) is 0 Å². The predicted molar refractivity (Wildman–Crippen MR) is 304 cm³/mol. The fraction of sp³-hybridized carbons (Fsp3) is 0.0435. The highest BCUT2D eigenvalue weighted by molar-refractivity contribution is 6.29. The zero-order chi connectivity index (χ0) is 47.7. The van der Waals surface area contributed by atoms with E-state index in [-0.39, 0.29) is 5.41 Å². The number of anilines is 3. The van der Waals surface area contributed by atoms with Gasteiger partial charge in [0.1, 0.15) is 11.2 Å². The molecular weight excluding hydrogens is 873 g/mol. The van der Waals surface area contributed by atoms with Gasteiger partial charge in [-0.05, 0) is 138 Å². The Labute approximate surface area is 417 Å². The highest BCUT2D eigenvalue weighted by Crippen LogP contribution is 2.52. The maximum atomic E-state index is 6.86. The third-order valence-electron chi connectivity index (χ3n) is 15.8. The number of hydrogen-bond acceptors (Lipinski definition) is 2. The Morgan fingerprint density at radius 1 is 0.347 bits per heavy atom. The number of benzene rings is 12. The normalized spacial score (nSPS) is 13.0. The van der Waals surface area contributed by atoms with Crippen molar-refractivity contribution >= 4 is 93.1 Å². The van der Waals surface area contributed by atoms with Gasteiger partial charge in [0.2, 0.25) is 0 Å². The van der Waals surface area contributed by atoms with Crippen molar-refractivity contribution in [3.63, 3.8) is 0 Å². The van der Waals surface area contributed by atoms with Crippen LogP contribution in [0.5, 0.6) is 0 Å². The van der Waals surface area contributed by atoms with Gasteiger partial charge in [0, 0.05) is 61.3 Å². The molecule has 0 atom stereocenters. The number of fused-ring (bicyclic) bond motifs is 15. The number of nitrogens with zero attached hydrogens (tertiary/aromatic N) is 2. The Morgan fingerprint density at radius 3 is 1.62 bits per heavy atom. The van der Waals surface area contributed by atoms with E-state index in [0.717, 1.165) is 61.3 Å². The zero-order valence-electron chi connectivity index (χ0n) is 39.9. The molecule has 14 aromatic rings. The van der Waals surface area contributed by atoms with E-state index in [1.54, 1.807) is 0 Å². The van der Waals surface area contributed by atoms with E-state index < -0.39 is 0 Å². The van der Waals surface area contributed by atoms with Crippen LogP contribution in [0.2, 0.25) is 0 Å². The van der Waals surface area contributed by atoms with Crippen LogP contribution >= 0.6 is 0 Å². The molecule has 1 aliphatic carbocycles. The maximum absolute atomic E-state index is 6.86. The monoisotopic (exact) mass is 918 g/mol. The predicted octanol–water partition coefficient (Wildman–Crippen LogP) is 19.3. The molecule has 0 N–H and O–H groups in total. The first-order valence-corrected chi connectivity index (χ1v) is 25.0. The molecule has 0 aliphatic heterocycles. The number of aromatic nitrogens is 1. The van der Waals surface area contributed by atoms with Crippen LogP contribution < -0.4 is 4.90 Å².